The number of aromatic amines is 1. The van der Waals surface area contributed by atoms with Crippen molar-refractivity contribution in [2.75, 3.05) is 5.32 Å². The van der Waals surface area contributed by atoms with E-state index in [2.05, 4.69) is 20.3 Å². The second kappa shape index (κ2) is 5.55. The highest BCUT2D eigenvalue weighted by Gasteiger charge is 2.20. The Hall–Kier alpha value is -2.64. The number of hydrogen-bond acceptors (Lipinski definition) is 5. The van der Waals surface area contributed by atoms with Crippen molar-refractivity contribution in [1.82, 2.24) is 15.0 Å². The second-order valence-electron chi connectivity index (χ2n) is 4.40. The molecule has 1 unspecified atom stereocenters. The number of carboxylic acid groups (broad SMARTS) is 2. The summed E-state index contributed by atoms with van der Waals surface area (Å²) in [7, 11) is 0. The number of carbonyl (C=O) groups is 2. The molecule has 8 nitrogen and oxygen atoms in total. The highest BCUT2D eigenvalue weighted by molar-refractivity contribution is 5.89. The van der Waals surface area contributed by atoms with Gasteiger partial charge in [0.2, 0.25) is 0 Å². The van der Waals surface area contributed by atoms with Gasteiger partial charge in [-0.05, 0) is 19.4 Å². The fourth-order valence-corrected chi connectivity index (χ4v) is 1.88. The molecule has 0 fully saturated rings. The average Bonchev–Trinajstić information content (AvgIpc) is 2.74. The number of aryl methyl sites for hydroxylation is 1. The van der Waals surface area contributed by atoms with Crippen LogP contribution in [0.5, 0.6) is 0 Å². The predicted octanol–water partition coefficient (Wildman–Crippen LogP) is 0.996. The molecule has 106 valence electrons. The number of aliphatic carboxylic acids is 2. The minimum atomic E-state index is -1.12. The number of nitrogens with zero attached hydrogens (tertiary/aromatic N) is 2. The van der Waals surface area contributed by atoms with Crippen LogP contribution >= 0.6 is 0 Å². The molecule has 0 saturated carbocycles. The van der Waals surface area contributed by atoms with Crippen LogP contribution in [0.15, 0.2) is 12.4 Å². The second-order valence-corrected chi connectivity index (χ2v) is 4.40. The predicted molar refractivity (Wildman–Crippen MR) is 70.5 cm³/mol. The first-order chi connectivity index (χ1) is 9.47. The van der Waals surface area contributed by atoms with Crippen LogP contribution in [0.3, 0.4) is 0 Å². The molecular formula is C12H14N4O4. The molecule has 8 heteroatoms. The van der Waals surface area contributed by atoms with Crippen LogP contribution in [0, 0.1) is 6.92 Å². The van der Waals surface area contributed by atoms with E-state index >= 15 is 0 Å². The molecular weight excluding hydrogens is 264 g/mol. The number of H-pyrrole nitrogens is 1. The smallest absolute Gasteiger partial charge is 0.326 e. The molecule has 20 heavy (non-hydrogen) atoms. The van der Waals surface area contributed by atoms with Gasteiger partial charge in [0.25, 0.3) is 0 Å². The van der Waals surface area contributed by atoms with Gasteiger partial charge in [-0.1, -0.05) is 0 Å². The lowest BCUT2D eigenvalue weighted by Gasteiger charge is -2.14. The highest BCUT2D eigenvalue weighted by atomic mass is 16.4. The van der Waals surface area contributed by atoms with Crippen molar-refractivity contribution in [2.45, 2.75) is 25.8 Å². The molecule has 4 N–H and O–H groups in total. The van der Waals surface area contributed by atoms with E-state index in [1.54, 1.807) is 6.07 Å². The maximum absolute atomic E-state index is 11.2. The Kier molecular flexibility index (Phi) is 3.83. The van der Waals surface area contributed by atoms with Gasteiger partial charge in [-0.2, -0.15) is 0 Å². The third-order valence-corrected chi connectivity index (χ3v) is 2.82. The highest BCUT2D eigenvalue weighted by Crippen LogP contribution is 2.21. The Balaban J connectivity index is 2.24. The van der Waals surface area contributed by atoms with E-state index < -0.39 is 18.0 Å². The summed E-state index contributed by atoms with van der Waals surface area (Å²) in [5.74, 6) is -1.79. The first kappa shape index (κ1) is 13.8. The van der Waals surface area contributed by atoms with Crippen molar-refractivity contribution in [3.05, 3.63) is 18.1 Å². The van der Waals surface area contributed by atoms with E-state index in [-0.39, 0.29) is 12.8 Å². The van der Waals surface area contributed by atoms with Crippen LogP contribution in [0.2, 0.25) is 0 Å². The Morgan fingerprint density at radius 3 is 2.80 bits per heavy atom. The van der Waals surface area contributed by atoms with E-state index in [1.807, 2.05) is 6.92 Å². The topological polar surface area (TPSA) is 128 Å². The Morgan fingerprint density at radius 2 is 2.15 bits per heavy atom. The summed E-state index contributed by atoms with van der Waals surface area (Å²) in [6, 6.07) is 0.785. The number of carboxylic acids is 2. The lowest BCUT2D eigenvalue weighted by atomic mass is 10.1. The van der Waals surface area contributed by atoms with E-state index in [0.717, 1.165) is 5.69 Å². The minimum Gasteiger partial charge on any atom is -0.481 e. The van der Waals surface area contributed by atoms with Gasteiger partial charge < -0.3 is 20.5 Å². The average molecular weight is 278 g/mol. The fourth-order valence-electron chi connectivity index (χ4n) is 1.88. The monoisotopic (exact) mass is 278 g/mol. The van der Waals surface area contributed by atoms with Gasteiger partial charge in [-0.25, -0.2) is 14.8 Å². The summed E-state index contributed by atoms with van der Waals surface area (Å²) in [6.45, 7) is 1.85. The third kappa shape index (κ3) is 3.02. The summed E-state index contributed by atoms with van der Waals surface area (Å²) >= 11 is 0. The molecule has 0 radical (unpaired) electrons. The minimum absolute atomic E-state index is 0.0282. The van der Waals surface area contributed by atoms with E-state index in [1.165, 1.54) is 6.33 Å². The quantitative estimate of drug-likeness (QED) is 0.620. The molecule has 2 heterocycles. The van der Waals surface area contributed by atoms with Gasteiger partial charge in [-0.3, -0.25) is 4.79 Å². The molecule has 0 aliphatic carbocycles. The number of aromatic nitrogens is 3. The van der Waals surface area contributed by atoms with Crippen LogP contribution in [0.25, 0.3) is 11.0 Å². The molecule has 2 aromatic heterocycles. The molecule has 0 bridgehead atoms. The van der Waals surface area contributed by atoms with Crippen LogP contribution in [0.4, 0.5) is 5.82 Å². The van der Waals surface area contributed by atoms with Gasteiger partial charge in [0, 0.05) is 12.1 Å². The van der Waals surface area contributed by atoms with Crippen molar-refractivity contribution < 1.29 is 19.8 Å². The molecule has 0 aliphatic heterocycles. The van der Waals surface area contributed by atoms with Gasteiger partial charge in [0.1, 0.15) is 23.8 Å². The van der Waals surface area contributed by atoms with Crippen molar-refractivity contribution in [3.8, 4) is 0 Å². The number of hydrogen-bond donors (Lipinski definition) is 4. The maximum Gasteiger partial charge on any atom is 0.326 e. The molecule has 0 spiro atoms. The molecule has 0 aromatic carbocycles. The fraction of sp³-hybridized carbons (Fsp3) is 0.333. The summed E-state index contributed by atoms with van der Waals surface area (Å²) < 4.78 is 0. The molecule has 2 rings (SSSR count). The van der Waals surface area contributed by atoms with E-state index in [9.17, 15) is 9.59 Å². The number of fused-ring (bicyclic) bond motifs is 1. The lowest BCUT2D eigenvalue weighted by Crippen LogP contribution is -2.30. The van der Waals surface area contributed by atoms with Gasteiger partial charge in [0.15, 0.2) is 0 Å². The Morgan fingerprint density at radius 1 is 1.40 bits per heavy atom. The number of anilines is 1. The zero-order valence-corrected chi connectivity index (χ0v) is 10.8. The molecule has 1 atom stereocenters. The SMILES string of the molecule is Cc1cc2c(NC(CCC(=O)O)C(=O)O)ncnc2[nH]1. The summed E-state index contributed by atoms with van der Waals surface area (Å²) in [6.07, 6.45) is 1.06. The number of nitrogens with one attached hydrogen (secondary N) is 2. The van der Waals surface area contributed by atoms with Crippen molar-refractivity contribution in [2.24, 2.45) is 0 Å². The van der Waals surface area contributed by atoms with Crippen LogP contribution in [-0.2, 0) is 9.59 Å². The Bertz CT molecular complexity index is 652. The van der Waals surface area contributed by atoms with Crippen LogP contribution < -0.4 is 5.32 Å². The summed E-state index contributed by atoms with van der Waals surface area (Å²) in [5, 5.41) is 21.2. The largest absolute Gasteiger partial charge is 0.481 e. The van der Waals surface area contributed by atoms with E-state index in [0.29, 0.717) is 16.9 Å². The molecule has 0 amide bonds. The van der Waals surface area contributed by atoms with Crippen molar-refractivity contribution >= 4 is 28.8 Å². The first-order valence-corrected chi connectivity index (χ1v) is 5.99. The van der Waals surface area contributed by atoms with Gasteiger partial charge in [-0.15, -0.1) is 0 Å². The number of rotatable bonds is 6. The summed E-state index contributed by atoms with van der Waals surface area (Å²) in [4.78, 5) is 32.8. The molecule has 0 aliphatic rings. The standard InChI is InChI=1S/C12H14N4O4/c1-6-4-7-10(15-6)13-5-14-11(7)16-8(12(19)20)2-3-9(17)18/h4-5,8H,2-3H2,1H3,(H,17,18)(H,19,20)(H2,13,14,15,16). The van der Waals surface area contributed by atoms with Gasteiger partial charge >= 0.3 is 11.9 Å². The van der Waals surface area contributed by atoms with Crippen molar-refractivity contribution in [1.29, 1.82) is 0 Å². The van der Waals surface area contributed by atoms with E-state index in [4.69, 9.17) is 10.2 Å². The normalized spacial score (nSPS) is 12.2. The first-order valence-electron chi connectivity index (χ1n) is 5.99. The zero-order chi connectivity index (χ0) is 14.7. The van der Waals surface area contributed by atoms with Crippen molar-refractivity contribution in [3.63, 3.8) is 0 Å². The Labute approximate surface area is 113 Å². The maximum atomic E-state index is 11.2. The van der Waals surface area contributed by atoms with Crippen LogP contribution in [0.1, 0.15) is 18.5 Å². The lowest BCUT2D eigenvalue weighted by molar-refractivity contribution is -0.139. The molecule has 2 aromatic rings. The summed E-state index contributed by atoms with van der Waals surface area (Å²) in [5.41, 5.74) is 1.48. The molecule has 0 saturated heterocycles. The third-order valence-electron chi connectivity index (χ3n) is 2.82. The van der Waals surface area contributed by atoms with Gasteiger partial charge in [0.05, 0.1) is 5.39 Å². The zero-order valence-electron chi connectivity index (χ0n) is 10.8. The van der Waals surface area contributed by atoms with Crippen LogP contribution in [-0.4, -0.2) is 43.1 Å².